The molecular formula is C6H14N2O3S. The third-order valence-corrected chi connectivity index (χ3v) is 1.93. The molecule has 0 fully saturated rings. The molecule has 6 heteroatoms. The average molecular weight is 194 g/mol. The molecular weight excluding hydrogens is 180 g/mol. The molecule has 0 saturated carbocycles. The van der Waals surface area contributed by atoms with Gasteiger partial charge in [-0.2, -0.15) is 0 Å². The molecule has 0 rings (SSSR count). The standard InChI is InChI=1S/C6H14N2O3S/c1-4-5(7-2)6(9)8-12(3,10)11/h5,7H,4H2,1-3H3,(H,8,9). The van der Waals surface area contributed by atoms with Gasteiger partial charge >= 0.3 is 0 Å². The summed E-state index contributed by atoms with van der Waals surface area (Å²) < 4.78 is 23.1. The highest BCUT2D eigenvalue weighted by atomic mass is 32.2. The van der Waals surface area contributed by atoms with Crippen LogP contribution in [0.25, 0.3) is 0 Å². The molecule has 0 aromatic heterocycles. The van der Waals surface area contributed by atoms with E-state index in [0.29, 0.717) is 6.42 Å². The van der Waals surface area contributed by atoms with Crippen LogP contribution in [0.15, 0.2) is 0 Å². The van der Waals surface area contributed by atoms with Gasteiger partial charge in [-0.15, -0.1) is 0 Å². The molecule has 1 amide bonds. The largest absolute Gasteiger partial charge is 0.309 e. The van der Waals surface area contributed by atoms with Gasteiger partial charge in [0, 0.05) is 0 Å². The van der Waals surface area contributed by atoms with E-state index in [4.69, 9.17) is 0 Å². The molecule has 5 nitrogen and oxygen atoms in total. The van der Waals surface area contributed by atoms with Crippen molar-refractivity contribution in [2.24, 2.45) is 0 Å². The first-order valence-corrected chi connectivity index (χ1v) is 5.48. The molecule has 12 heavy (non-hydrogen) atoms. The van der Waals surface area contributed by atoms with Crippen molar-refractivity contribution in [2.45, 2.75) is 19.4 Å². The third-order valence-electron chi connectivity index (χ3n) is 1.36. The summed E-state index contributed by atoms with van der Waals surface area (Å²) in [6.07, 6.45) is 1.51. The summed E-state index contributed by atoms with van der Waals surface area (Å²) in [7, 11) is -1.82. The number of hydrogen-bond donors (Lipinski definition) is 2. The first-order chi connectivity index (χ1) is 5.40. The molecule has 1 unspecified atom stereocenters. The van der Waals surface area contributed by atoms with E-state index in [9.17, 15) is 13.2 Å². The predicted octanol–water partition coefficient (Wildman–Crippen LogP) is -0.940. The second-order valence-electron chi connectivity index (χ2n) is 2.49. The fourth-order valence-corrected chi connectivity index (χ4v) is 1.28. The molecule has 72 valence electrons. The lowest BCUT2D eigenvalue weighted by atomic mass is 10.2. The summed E-state index contributed by atoms with van der Waals surface area (Å²) in [5, 5.41) is 2.70. The van der Waals surface area contributed by atoms with Gasteiger partial charge in [-0.1, -0.05) is 6.92 Å². The first-order valence-electron chi connectivity index (χ1n) is 3.59. The molecule has 0 saturated heterocycles. The highest BCUT2D eigenvalue weighted by molar-refractivity contribution is 7.89. The van der Waals surface area contributed by atoms with E-state index < -0.39 is 22.0 Å². The van der Waals surface area contributed by atoms with Crippen LogP contribution in [-0.2, 0) is 14.8 Å². The normalized spacial score (nSPS) is 13.9. The number of likely N-dealkylation sites (N-methyl/N-ethyl adjacent to an activating group) is 1. The SMILES string of the molecule is CCC(NC)C(=O)NS(C)(=O)=O. The molecule has 0 radical (unpaired) electrons. The molecule has 0 aliphatic heterocycles. The Balaban J connectivity index is 4.21. The van der Waals surface area contributed by atoms with Gasteiger partial charge in [-0.05, 0) is 13.5 Å². The van der Waals surface area contributed by atoms with Gasteiger partial charge in [0.25, 0.3) is 5.91 Å². The lowest BCUT2D eigenvalue weighted by molar-refractivity contribution is -0.121. The van der Waals surface area contributed by atoms with Gasteiger partial charge < -0.3 is 5.32 Å². The highest BCUT2D eigenvalue weighted by Crippen LogP contribution is 1.90. The summed E-state index contributed by atoms with van der Waals surface area (Å²) in [6.45, 7) is 1.79. The third kappa shape index (κ3) is 4.30. The van der Waals surface area contributed by atoms with E-state index in [0.717, 1.165) is 6.26 Å². The zero-order valence-corrected chi connectivity index (χ0v) is 8.23. The average Bonchev–Trinajstić information content (AvgIpc) is 1.85. The van der Waals surface area contributed by atoms with Crippen LogP contribution < -0.4 is 10.0 Å². The number of sulfonamides is 1. The number of carbonyl (C=O) groups excluding carboxylic acids is 1. The van der Waals surface area contributed by atoms with Gasteiger partial charge in [-0.25, -0.2) is 8.42 Å². The first kappa shape index (κ1) is 11.4. The quantitative estimate of drug-likeness (QED) is 0.605. The van der Waals surface area contributed by atoms with Crippen LogP contribution in [0.3, 0.4) is 0 Å². The minimum Gasteiger partial charge on any atom is -0.309 e. The van der Waals surface area contributed by atoms with E-state index in [1.165, 1.54) is 0 Å². The molecule has 0 aromatic carbocycles. The summed E-state index contributed by atoms with van der Waals surface area (Å²) in [4.78, 5) is 11.1. The summed E-state index contributed by atoms with van der Waals surface area (Å²) in [6, 6.07) is -0.445. The molecule has 2 N–H and O–H groups in total. The Labute approximate surface area is 72.6 Å². The number of nitrogens with one attached hydrogen (secondary N) is 2. The lowest BCUT2D eigenvalue weighted by Crippen LogP contribution is -2.44. The summed E-state index contributed by atoms with van der Waals surface area (Å²) >= 11 is 0. The Hall–Kier alpha value is -0.620. The van der Waals surface area contributed by atoms with Gasteiger partial charge in [0.15, 0.2) is 0 Å². The Morgan fingerprint density at radius 1 is 1.50 bits per heavy atom. The molecule has 0 bridgehead atoms. The number of carbonyl (C=O) groups is 1. The summed E-state index contributed by atoms with van der Waals surface area (Å²) in [5.74, 6) is -0.512. The zero-order valence-electron chi connectivity index (χ0n) is 7.42. The van der Waals surface area contributed by atoms with Crippen LogP contribution in [0.2, 0.25) is 0 Å². The van der Waals surface area contributed by atoms with Crippen LogP contribution >= 0.6 is 0 Å². The minimum atomic E-state index is -3.43. The topological polar surface area (TPSA) is 75.3 Å². The second-order valence-corrected chi connectivity index (χ2v) is 4.24. The van der Waals surface area contributed by atoms with Gasteiger partial charge in [0.05, 0.1) is 12.3 Å². The van der Waals surface area contributed by atoms with Gasteiger partial charge in [-0.3, -0.25) is 9.52 Å². The van der Waals surface area contributed by atoms with Crippen molar-refractivity contribution in [1.29, 1.82) is 0 Å². The zero-order chi connectivity index (χ0) is 9.78. The molecule has 0 aliphatic rings. The van der Waals surface area contributed by atoms with Crippen LogP contribution in [-0.4, -0.2) is 33.7 Å². The maximum Gasteiger partial charge on any atom is 0.250 e. The Morgan fingerprint density at radius 3 is 2.25 bits per heavy atom. The number of rotatable bonds is 4. The Bertz CT molecular complexity index is 244. The van der Waals surface area contributed by atoms with Crippen molar-refractivity contribution in [2.75, 3.05) is 13.3 Å². The Morgan fingerprint density at radius 2 is 2.00 bits per heavy atom. The van der Waals surface area contributed by atoms with E-state index in [1.807, 2.05) is 4.72 Å². The molecule has 0 aliphatic carbocycles. The van der Waals surface area contributed by atoms with Crippen molar-refractivity contribution >= 4 is 15.9 Å². The second kappa shape index (κ2) is 4.42. The summed E-state index contributed by atoms with van der Waals surface area (Å²) in [5.41, 5.74) is 0. The van der Waals surface area contributed by atoms with Crippen molar-refractivity contribution in [3.05, 3.63) is 0 Å². The van der Waals surface area contributed by atoms with Crippen LogP contribution in [0.4, 0.5) is 0 Å². The minimum absolute atomic E-state index is 0.445. The highest BCUT2D eigenvalue weighted by Gasteiger charge is 2.16. The maximum atomic E-state index is 11.1. The monoisotopic (exact) mass is 194 g/mol. The van der Waals surface area contributed by atoms with Crippen molar-refractivity contribution in [3.8, 4) is 0 Å². The number of hydrogen-bond acceptors (Lipinski definition) is 4. The molecule has 0 heterocycles. The van der Waals surface area contributed by atoms with E-state index >= 15 is 0 Å². The Kier molecular flexibility index (Phi) is 4.19. The molecule has 0 spiro atoms. The molecule has 1 atom stereocenters. The maximum absolute atomic E-state index is 11.1. The van der Waals surface area contributed by atoms with Gasteiger partial charge in [0.1, 0.15) is 0 Å². The predicted molar refractivity (Wildman–Crippen MR) is 46.1 cm³/mol. The van der Waals surface area contributed by atoms with E-state index in [2.05, 4.69) is 5.32 Å². The fraction of sp³-hybridized carbons (Fsp3) is 0.833. The fourth-order valence-electron chi connectivity index (χ4n) is 0.774. The van der Waals surface area contributed by atoms with Gasteiger partial charge in [0.2, 0.25) is 10.0 Å². The van der Waals surface area contributed by atoms with Crippen molar-refractivity contribution in [1.82, 2.24) is 10.0 Å². The van der Waals surface area contributed by atoms with Crippen molar-refractivity contribution < 1.29 is 13.2 Å². The van der Waals surface area contributed by atoms with Crippen molar-refractivity contribution in [3.63, 3.8) is 0 Å². The lowest BCUT2D eigenvalue weighted by Gasteiger charge is -2.11. The van der Waals surface area contributed by atoms with Crippen LogP contribution in [0, 0.1) is 0 Å². The van der Waals surface area contributed by atoms with Crippen LogP contribution in [0.5, 0.6) is 0 Å². The van der Waals surface area contributed by atoms with Crippen LogP contribution in [0.1, 0.15) is 13.3 Å². The van der Waals surface area contributed by atoms with E-state index in [1.54, 1.807) is 14.0 Å². The van der Waals surface area contributed by atoms with E-state index in [-0.39, 0.29) is 0 Å². The smallest absolute Gasteiger partial charge is 0.250 e. The number of amides is 1. The molecule has 0 aromatic rings.